The summed E-state index contributed by atoms with van der Waals surface area (Å²) in [6, 6.07) is 6.97. The molecule has 0 amide bonds. The highest BCUT2D eigenvalue weighted by Gasteiger charge is 2.25. The Kier molecular flexibility index (Phi) is 3.77. The highest BCUT2D eigenvalue weighted by Crippen LogP contribution is 2.35. The normalized spacial score (nSPS) is 19.1. The van der Waals surface area contributed by atoms with Crippen LogP contribution in [0.15, 0.2) is 18.2 Å². The smallest absolute Gasteiger partial charge is 0.0351 e. The molecule has 1 atom stereocenters. The molecule has 0 spiro atoms. The van der Waals surface area contributed by atoms with Gasteiger partial charge in [0, 0.05) is 24.0 Å². The summed E-state index contributed by atoms with van der Waals surface area (Å²) in [4.78, 5) is 2.47. The largest absolute Gasteiger partial charge is 0.399 e. The Morgan fingerprint density at radius 1 is 1.50 bits per heavy atom. The number of aryl methyl sites for hydroxylation is 1. The number of fused-ring (bicyclic) bond motifs is 1. The lowest BCUT2D eigenvalue weighted by molar-refractivity contribution is 0.259. The van der Waals surface area contributed by atoms with Gasteiger partial charge in [0.15, 0.2) is 0 Å². The van der Waals surface area contributed by atoms with Crippen LogP contribution in [-0.2, 0) is 6.42 Å². The van der Waals surface area contributed by atoms with Crippen molar-refractivity contribution < 1.29 is 0 Å². The molecule has 2 nitrogen and oxygen atoms in total. The first-order valence-corrected chi connectivity index (χ1v) is 7.19. The van der Waals surface area contributed by atoms with E-state index in [1.807, 2.05) is 17.8 Å². The van der Waals surface area contributed by atoms with Gasteiger partial charge in [-0.3, -0.25) is 4.90 Å². The molecule has 0 heterocycles. The second-order valence-electron chi connectivity index (χ2n) is 4.49. The lowest BCUT2D eigenvalue weighted by Gasteiger charge is -2.24. The van der Waals surface area contributed by atoms with E-state index in [9.17, 15) is 0 Å². The summed E-state index contributed by atoms with van der Waals surface area (Å²) in [5, 5.41) is 0. The molecule has 0 fully saturated rings. The van der Waals surface area contributed by atoms with Gasteiger partial charge < -0.3 is 5.73 Å². The molecule has 0 aromatic heterocycles. The minimum atomic E-state index is 0.600. The van der Waals surface area contributed by atoms with Crippen LogP contribution in [0, 0.1) is 0 Å². The van der Waals surface area contributed by atoms with E-state index in [1.165, 1.54) is 29.7 Å². The predicted octanol–water partition coefficient (Wildman–Crippen LogP) is 2.55. The zero-order valence-corrected chi connectivity index (χ0v) is 10.9. The minimum Gasteiger partial charge on any atom is -0.399 e. The van der Waals surface area contributed by atoms with E-state index in [-0.39, 0.29) is 0 Å². The topological polar surface area (TPSA) is 29.3 Å². The van der Waals surface area contributed by atoms with E-state index in [1.54, 1.807) is 0 Å². The van der Waals surface area contributed by atoms with Gasteiger partial charge in [0.05, 0.1) is 0 Å². The second-order valence-corrected chi connectivity index (χ2v) is 5.47. The third-order valence-electron chi connectivity index (χ3n) is 3.39. The molecule has 0 saturated carbocycles. The maximum Gasteiger partial charge on any atom is 0.0351 e. The Morgan fingerprint density at radius 2 is 2.31 bits per heavy atom. The van der Waals surface area contributed by atoms with Crippen molar-refractivity contribution in [1.29, 1.82) is 0 Å². The van der Waals surface area contributed by atoms with Gasteiger partial charge in [0.2, 0.25) is 0 Å². The molecule has 1 aromatic rings. The number of nitrogens with zero attached hydrogens (tertiary/aromatic N) is 1. The van der Waals surface area contributed by atoms with Gasteiger partial charge in [0.1, 0.15) is 0 Å². The number of nitrogen functional groups attached to an aromatic ring is 1. The van der Waals surface area contributed by atoms with Crippen molar-refractivity contribution in [3.63, 3.8) is 0 Å². The average molecular weight is 236 g/mol. The summed E-state index contributed by atoms with van der Waals surface area (Å²) in [6.07, 6.45) is 4.58. The lowest BCUT2D eigenvalue weighted by Crippen LogP contribution is -2.25. The average Bonchev–Trinajstić information content (AvgIpc) is 2.68. The van der Waals surface area contributed by atoms with Crippen LogP contribution in [0.25, 0.3) is 0 Å². The monoisotopic (exact) mass is 236 g/mol. The SMILES string of the molecule is CSCCN(C)C1CCc2cc(N)ccc21. The van der Waals surface area contributed by atoms with Crippen LogP contribution in [0.3, 0.4) is 0 Å². The van der Waals surface area contributed by atoms with Gasteiger partial charge in [-0.1, -0.05) is 6.07 Å². The first kappa shape index (κ1) is 11.8. The highest BCUT2D eigenvalue weighted by atomic mass is 32.2. The zero-order valence-electron chi connectivity index (χ0n) is 10.1. The number of anilines is 1. The van der Waals surface area contributed by atoms with Crippen molar-refractivity contribution in [2.24, 2.45) is 0 Å². The van der Waals surface area contributed by atoms with Crippen molar-refractivity contribution in [2.75, 3.05) is 31.3 Å². The maximum absolute atomic E-state index is 5.82. The fourth-order valence-electron chi connectivity index (χ4n) is 2.46. The van der Waals surface area contributed by atoms with Crippen LogP contribution in [0.4, 0.5) is 5.69 Å². The molecular formula is C13H20N2S. The Morgan fingerprint density at radius 3 is 3.06 bits per heavy atom. The van der Waals surface area contributed by atoms with Crippen molar-refractivity contribution in [3.8, 4) is 0 Å². The van der Waals surface area contributed by atoms with Crippen LogP contribution >= 0.6 is 11.8 Å². The van der Waals surface area contributed by atoms with Gasteiger partial charge in [-0.05, 0) is 49.4 Å². The van der Waals surface area contributed by atoms with Crippen LogP contribution in [-0.4, -0.2) is 30.5 Å². The molecule has 1 aromatic carbocycles. The van der Waals surface area contributed by atoms with Crippen LogP contribution in [0.5, 0.6) is 0 Å². The minimum absolute atomic E-state index is 0.600. The molecule has 1 unspecified atom stereocenters. The van der Waals surface area contributed by atoms with Gasteiger partial charge in [-0.2, -0.15) is 11.8 Å². The lowest BCUT2D eigenvalue weighted by atomic mass is 10.1. The Bertz CT molecular complexity index is 365. The maximum atomic E-state index is 5.82. The molecule has 0 radical (unpaired) electrons. The molecule has 0 bridgehead atoms. The Balaban J connectivity index is 2.11. The molecule has 1 aliphatic rings. The summed E-state index contributed by atoms with van der Waals surface area (Å²) >= 11 is 1.91. The number of benzene rings is 1. The van der Waals surface area contributed by atoms with Gasteiger partial charge in [0.25, 0.3) is 0 Å². The molecule has 0 aliphatic heterocycles. The van der Waals surface area contributed by atoms with E-state index in [0.717, 1.165) is 12.2 Å². The second kappa shape index (κ2) is 5.11. The Hall–Kier alpha value is -0.670. The third-order valence-corrected chi connectivity index (χ3v) is 3.98. The molecule has 2 rings (SSSR count). The summed E-state index contributed by atoms with van der Waals surface area (Å²) < 4.78 is 0. The van der Waals surface area contributed by atoms with Crippen LogP contribution in [0.2, 0.25) is 0 Å². The first-order valence-electron chi connectivity index (χ1n) is 5.80. The summed E-state index contributed by atoms with van der Waals surface area (Å²) in [7, 11) is 2.23. The molecule has 3 heteroatoms. The molecule has 1 aliphatic carbocycles. The van der Waals surface area contributed by atoms with E-state index in [0.29, 0.717) is 6.04 Å². The van der Waals surface area contributed by atoms with Crippen molar-refractivity contribution in [3.05, 3.63) is 29.3 Å². The number of hydrogen-bond acceptors (Lipinski definition) is 3. The van der Waals surface area contributed by atoms with Gasteiger partial charge >= 0.3 is 0 Å². The van der Waals surface area contributed by atoms with Crippen LogP contribution in [0.1, 0.15) is 23.6 Å². The highest BCUT2D eigenvalue weighted by molar-refractivity contribution is 7.98. The number of nitrogens with two attached hydrogens (primary N) is 1. The predicted molar refractivity (Wildman–Crippen MR) is 72.9 cm³/mol. The molecular weight excluding hydrogens is 216 g/mol. The van der Waals surface area contributed by atoms with Crippen LogP contribution < -0.4 is 5.73 Å². The molecule has 16 heavy (non-hydrogen) atoms. The standard InChI is InChI=1S/C13H20N2S/c1-15(7-8-16-2)13-6-3-10-9-11(14)4-5-12(10)13/h4-5,9,13H,3,6-8,14H2,1-2H3. The summed E-state index contributed by atoms with van der Waals surface area (Å²) in [6.45, 7) is 1.16. The van der Waals surface area contributed by atoms with E-state index >= 15 is 0 Å². The summed E-state index contributed by atoms with van der Waals surface area (Å²) in [5.74, 6) is 1.21. The summed E-state index contributed by atoms with van der Waals surface area (Å²) in [5.41, 5.74) is 9.64. The van der Waals surface area contributed by atoms with Gasteiger partial charge in [-0.15, -0.1) is 0 Å². The van der Waals surface area contributed by atoms with Gasteiger partial charge in [-0.25, -0.2) is 0 Å². The Labute approximate surface area is 102 Å². The van der Waals surface area contributed by atoms with E-state index in [4.69, 9.17) is 5.73 Å². The molecule has 2 N–H and O–H groups in total. The van der Waals surface area contributed by atoms with Crippen molar-refractivity contribution in [2.45, 2.75) is 18.9 Å². The number of hydrogen-bond donors (Lipinski definition) is 1. The fourth-order valence-corrected chi connectivity index (χ4v) is 2.93. The first-order chi connectivity index (χ1) is 7.72. The van der Waals surface area contributed by atoms with E-state index in [2.05, 4.69) is 30.3 Å². The molecule has 88 valence electrons. The number of rotatable bonds is 4. The van der Waals surface area contributed by atoms with E-state index < -0.39 is 0 Å². The fraction of sp³-hybridized carbons (Fsp3) is 0.538. The van der Waals surface area contributed by atoms with Crippen molar-refractivity contribution in [1.82, 2.24) is 4.90 Å². The van der Waals surface area contributed by atoms with Crippen molar-refractivity contribution >= 4 is 17.4 Å². The third kappa shape index (κ3) is 2.36. The molecule has 0 saturated heterocycles. The quantitative estimate of drug-likeness (QED) is 0.815. The number of thioether (sulfide) groups is 1. The zero-order chi connectivity index (χ0) is 11.5.